The molecule has 0 aliphatic heterocycles. The van der Waals surface area contributed by atoms with E-state index in [4.69, 9.17) is 10.5 Å². The Kier molecular flexibility index (Phi) is 21.3. The Balaban J connectivity index is 4.28. The van der Waals surface area contributed by atoms with Gasteiger partial charge in [-0.3, -0.25) is 0 Å². The van der Waals surface area contributed by atoms with Crippen molar-refractivity contribution < 1.29 is 8.42 Å². The Hall–Kier alpha value is -1.11. The van der Waals surface area contributed by atoms with Gasteiger partial charge in [0.05, 0.1) is 17.9 Å². The number of hydrogen-bond donors (Lipinski definition) is 0. The molecule has 0 aromatic rings. The molecule has 0 saturated heterocycles. The van der Waals surface area contributed by atoms with Gasteiger partial charge in [0.25, 0.3) is 0 Å². The van der Waals surface area contributed by atoms with Crippen LogP contribution in [0.15, 0.2) is 0 Å². The van der Waals surface area contributed by atoms with Gasteiger partial charge in [0.1, 0.15) is 0 Å². The first-order chi connectivity index (χ1) is 15.1. The zero-order chi connectivity index (χ0) is 23.0. The van der Waals surface area contributed by atoms with Gasteiger partial charge in [0, 0.05) is 25.9 Å². The SMILES string of the molecule is CCCCCCCS(=O)(=O)N(CCCCCCCCC#N)CCCCCCCCC#N. The molecule has 31 heavy (non-hydrogen) atoms. The molecule has 0 radical (unpaired) electrons. The van der Waals surface area contributed by atoms with E-state index < -0.39 is 10.0 Å². The predicted octanol–water partition coefficient (Wildman–Crippen LogP) is 7.10. The average Bonchev–Trinajstić information content (AvgIpc) is 2.75. The lowest BCUT2D eigenvalue weighted by atomic mass is 10.1. The second kappa shape index (κ2) is 22.1. The Morgan fingerprint density at radius 2 is 0.968 bits per heavy atom. The van der Waals surface area contributed by atoms with Crippen molar-refractivity contribution in [3.63, 3.8) is 0 Å². The lowest BCUT2D eigenvalue weighted by Crippen LogP contribution is -2.35. The maximum absolute atomic E-state index is 12.9. The zero-order valence-corrected chi connectivity index (χ0v) is 20.9. The van der Waals surface area contributed by atoms with Crippen LogP contribution in [0, 0.1) is 22.7 Å². The standard InChI is InChI=1S/C25H47N3O2S/c1-2-3-4-15-20-25-31(29,30)28(23-18-13-9-5-7-11-16-21-26)24-19-14-10-6-8-12-17-22-27/h2-20,23-25H2,1H3. The van der Waals surface area contributed by atoms with Gasteiger partial charge in [0.2, 0.25) is 10.0 Å². The monoisotopic (exact) mass is 453 g/mol. The van der Waals surface area contributed by atoms with Crippen molar-refractivity contribution in [1.29, 1.82) is 10.5 Å². The van der Waals surface area contributed by atoms with Crippen molar-refractivity contribution in [2.75, 3.05) is 18.8 Å². The largest absolute Gasteiger partial charge is 0.214 e. The summed E-state index contributed by atoms with van der Waals surface area (Å²) >= 11 is 0. The molecule has 0 aliphatic carbocycles. The molecular weight excluding hydrogens is 406 g/mol. The summed E-state index contributed by atoms with van der Waals surface area (Å²) in [6.45, 7) is 3.47. The molecule has 6 heteroatoms. The van der Waals surface area contributed by atoms with Gasteiger partial charge >= 0.3 is 0 Å². The highest BCUT2D eigenvalue weighted by Crippen LogP contribution is 2.14. The molecule has 0 fully saturated rings. The summed E-state index contributed by atoms with van der Waals surface area (Å²) < 4.78 is 27.6. The molecule has 0 spiro atoms. The fourth-order valence-electron chi connectivity index (χ4n) is 3.81. The number of nitrogens with zero attached hydrogens (tertiary/aromatic N) is 3. The molecule has 0 aromatic carbocycles. The van der Waals surface area contributed by atoms with Crippen LogP contribution in [0.4, 0.5) is 0 Å². The first-order valence-corrected chi connectivity index (χ1v) is 14.4. The van der Waals surface area contributed by atoms with E-state index in [1.165, 1.54) is 12.8 Å². The summed E-state index contributed by atoms with van der Waals surface area (Å²) in [6.07, 6.45) is 19.2. The van der Waals surface area contributed by atoms with Crippen molar-refractivity contribution >= 4 is 10.0 Å². The minimum Gasteiger partial charge on any atom is -0.212 e. The summed E-state index contributed by atoms with van der Waals surface area (Å²) in [5, 5.41) is 17.2. The summed E-state index contributed by atoms with van der Waals surface area (Å²) in [4.78, 5) is 0. The number of hydrogen-bond acceptors (Lipinski definition) is 4. The third-order valence-corrected chi connectivity index (χ3v) is 7.75. The molecule has 0 bridgehead atoms. The molecule has 0 atom stereocenters. The van der Waals surface area contributed by atoms with Crippen LogP contribution in [-0.4, -0.2) is 31.6 Å². The van der Waals surface area contributed by atoms with Crippen LogP contribution < -0.4 is 0 Å². The third kappa shape index (κ3) is 19.3. The molecule has 0 amide bonds. The summed E-state index contributed by atoms with van der Waals surface area (Å²) in [5.41, 5.74) is 0. The molecule has 0 rings (SSSR count). The van der Waals surface area contributed by atoms with Gasteiger partial charge < -0.3 is 0 Å². The second-order valence-electron chi connectivity index (χ2n) is 8.69. The Morgan fingerprint density at radius 3 is 1.42 bits per heavy atom. The van der Waals surface area contributed by atoms with E-state index in [0.29, 0.717) is 31.7 Å². The minimum atomic E-state index is -3.16. The van der Waals surface area contributed by atoms with E-state index in [1.54, 1.807) is 4.31 Å². The lowest BCUT2D eigenvalue weighted by molar-refractivity contribution is 0.382. The maximum atomic E-state index is 12.9. The third-order valence-electron chi connectivity index (χ3n) is 5.79. The lowest BCUT2D eigenvalue weighted by Gasteiger charge is -2.22. The van der Waals surface area contributed by atoms with Crippen LogP contribution in [0.1, 0.15) is 129 Å². The zero-order valence-electron chi connectivity index (χ0n) is 20.1. The Labute approximate surface area is 193 Å². The highest BCUT2D eigenvalue weighted by molar-refractivity contribution is 7.89. The fourth-order valence-corrected chi connectivity index (χ4v) is 5.45. The van der Waals surface area contributed by atoms with Gasteiger partial charge in [0.15, 0.2) is 0 Å². The van der Waals surface area contributed by atoms with Crippen molar-refractivity contribution in [3.8, 4) is 12.1 Å². The van der Waals surface area contributed by atoms with Gasteiger partial charge in [-0.25, -0.2) is 12.7 Å². The van der Waals surface area contributed by atoms with Gasteiger partial charge in [-0.2, -0.15) is 10.5 Å². The van der Waals surface area contributed by atoms with Crippen LogP contribution in [0.3, 0.4) is 0 Å². The van der Waals surface area contributed by atoms with Gasteiger partial charge in [-0.15, -0.1) is 0 Å². The number of unbranched alkanes of at least 4 members (excludes halogenated alkanes) is 16. The molecule has 0 aromatic heterocycles. The Morgan fingerprint density at radius 1 is 0.581 bits per heavy atom. The van der Waals surface area contributed by atoms with E-state index in [1.807, 2.05) is 0 Å². The predicted molar refractivity (Wildman–Crippen MR) is 130 cm³/mol. The maximum Gasteiger partial charge on any atom is 0.214 e. The molecular formula is C25H47N3O2S. The van der Waals surface area contributed by atoms with E-state index in [9.17, 15) is 8.42 Å². The highest BCUT2D eigenvalue weighted by atomic mass is 32.2. The number of rotatable bonds is 23. The van der Waals surface area contributed by atoms with Crippen molar-refractivity contribution in [2.24, 2.45) is 0 Å². The molecule has 0 heterocycles. The molecule has 5 nitrogen and oxygen atoms in total. The molecule has 0 aliphatic rings. The van der Waals surface area contributed by atoms with Crippen LogP contribution in [0.25, 0.3) is 0 Å². The molecule has 180 valence electrons. The van der Waals surface area contributed by atoms with Crippen LogP contribution in [0.5, 0.6) is 0 Å². The first kappa shape index (κ1) is 29.9. The van der Waals surface area contributed by atoms with E-state index in [-0.39, 0.29) is 0 Å². The average molecular weight is 454 g/mol. The van der Waals surface area contributed by atoms with Crippen molar-refractivity contribution in [3.05, 3.63) is 0 Å². The minimum absolute atomic E-state index is 0.291. The summed E-state index contributed by atoms with van der Waals surface area (Å²) in [5.74, 6) is 0.291. The highest BCUT2D eigenvalue weighted by Gasteiger charge is 2.20. The Bertz CT molecular complexity index is 549. The molecule has 0 N–H and O–H groups in total. The summed E-state index contributed by atoms with van der Waals surface area (Å²) in [7, 11) is -3.16. The first-order valence-electron chi connectivity index (χ1n) is 12.8. The van der Waals surface area contributed by atoms with E-state index in [2.05, 4.69) is 19.1 Å². The smallest absolute Gasteiger partial charge is 0.212 e. The molecule has 0 saturated carbocycles. The summed E-state index contributed by atoms with van der Waals surface area (Å²) in [6, 6.07) is 4.37. The quantitative estimate of drug-likeness (QED) is 0.154. The van der Waals surface area contributed by atoms with Gasteiger partial charge in [-0.05, 0) is 32.1 Å². The van der Waals surface area contributed by atoms with E-state index in [0.717, 1.165) is 96.3 Å². The number of nitriles is 2. The second-order valence-corrected chi connectivity index (χ2v) is 10.8. The van der Waals surface area contributed by atoms with Crippen molar-refractivity contribution in [2.45, 2.75) is 129 Å². The number of sulfonamides is 1. The van der Waals surface area contributed by atoms with Gasteiger partial charge in [-0.1, -0.05) is 84.0 Å². The van der Waals surface area contributed by atoms with Crippen LogP contribution in [-0.2, 0) is 10.0 Å². The normalized spacial score (nSPS) is 11.5. The fraction of sp³-hybridized carbons (Fsp3) is 0.920. The van der Waals surface area contributed by atoms with Crippen LogP contribution in [0.2, 0.25) is 0 Å². The topological polar surface area (TPSA) is 85.0 Å². The molecule has 0 unspecified atom stereocenters. The van der Waals surface area contributed by atoms with E-state index >= 15 is 0 Å². The van der Waals surface area contributed by atoms with Crippen molar-refractivity contribution in [1.82, 2.24) is 4.31 Å². The van der Waals surface area contributed by atoms with Crippen LogP contribution >= 0.6 is 0 Å².